The molecule has 8 heteroatoms. The topological polar surface area (TPSA) is 98.9 Å². The summed E-state index contributed by atoms with van der Waals surface area (Å²) in [6.07, 6.45) is 9.72. The summed E-state index contributed by atoms with van der Waals surface area (Å²) < 4.78 is 3.57. The molecule has 0 spiro atoms. The van der Waals surface area contributed by atoms with Crippen LogP contribution in [0.5, 0.6) is 0 Å². The number of nitrogens with one attached hydrogen (secondary N) is 1. The van der Waals surface area contributed by atoms with E-state index in [4.69, 9.17) is 10.7 Å². The number of aromatic nitrogens is 6. The van der Waals surface area contributed by atoms with Gasteiger partial charge in [-0.1, -0.05) is 6.07 Å². The van der Waals surface area contributed by atoms with Crippen molar-refractivity contribution >= 4 is 11.5 Å². The molecule has 1 unspecified atom stereocenters. The Morgan fingerprint density at radius 3 is 3.00 bits per heavy atom. The van der Waals surface area contributed by atoms with Crippen molar-refractivity contribution in [2.45, 2.75) is 25.3 Å². The molecule has 4 aromatic heterocycles. The van der Waals surface area contributed by atoms with Crippen LogP contribution in [0, 0.1) is 0 Å². The molecule has 0 bridgehead atoms. The molecule has 142 valence electrons. The molecule has 1 saturated heterocycles. The van der Waals surface area contributed by atoms with Crippen molar-refractivity contribution in [3.8, 4) is 11.1 Å². The van der Waals surface area contributed by atoms with Gasteiger partial charge in [0.15, 0.2) is 5.65 Å². The summed E-state index contributed by atoms with van der Waals surface area (Å²) >= 11 is 0. The average molecular weight is 374 g/mol. The highest BCUT2D eigenvalue weighted by atomic mass is 15.3. The predicted octanol–water partition coefficient (Wildman–Crippen LogP) is 2.09. The van der Waals surface area contributed by atoms with Gasteiger partial charge in [-0.25, -0.2) is 4.98 Å². The average Bonchev–Trinajstić information content (AvgIpc) is 3.36. The fraction of sp³-hybridized carbons (Fsp3) is 0.300. The summed E-state index contributed by atoms with van der Waals surface area (Å²) in [5.41, 5.74) is 10.9. The molecule has 28 heavy (non-hydrogen) atoms. The van der Waals surface area contributed by atoms with E-state index >= 15 is 0 Å². The van der Waals surface area contributed by atoms with E-state index in [1.165, 1.54) is 0 Å². The van der Waals surface area contributed by atoms with E-state index in [2.05, 4.69) is 20.5 Å². The second-order valence-electron chi connectivity index (χ2n) is 7.19. The molecule has 1 aliphatic rings. The first-order valence-electron chi connectivity index (χ1n) is 9.55. The fourth-order valence-corrected chi connectivity index (χ4v) is 3.77. The van der Waals surface area contributed by atoms with Gasteiger partial charge in [0, 0.05) is 42.0 Å². The van der Waals surface area contributed by atoms with Crippen LogP contribution in [0.4, 0.5) is 5.82 Å². The van der Waals surface area contributed by atoms with Gasteiger partial charge >= 0.3 is 0 Å². The van der Waals surface area contributed by atoms with Crippen LogP contribution in [0.3, 0.4) is 0 Å². The molecule has 8 nitrogen and oxygen atoms in total. The Balaban J connectivity index is 1.50. The van der Waals surface area contributed by atoms with Crippen LogP contribution in [0.15, 0.2) is 49.1 Å². The fourth-order valence-electron chi connectivity index (χ4n) is 3.77. The van der Waals surface area contributed by atoms with Crippen LogP contribution < -0.4 is 11.1 Å². The van der Waals surface area contributed by atoms with Gasteiger partial charge in [-0.05, 0) is 31.5 Å². The second kappa shape index (κ2) is 7.05. The number of fused-ring (bicyclic) bond motifs is 1. The van der Waals surface area contributed by atoms with Crippen LogP contribution in [0.2, 0.25) is 0 Å². The van der Waals surface area contributed by atoms with E-state index in [-0.39, 0.29) is 0 Å². The van der Waals surface area contributed by atoms with Crippen LogP contribution >= 0.6 is 0 Å². The minimum absolute atomic E-state index is 0.385. The van der Waals surface area contributed by atoms with E-state index in [1.54, 1.807) is 10.7 Å². The Morgan fingerprint density at radius 2 is 2.18 bits per heavy atom. The van der Waals surface area contributed by atoms with Gasteiger partial charge in [-0.15, -0.1) is 0 Å². The summed E-state index contributed by atoms with van der Waals surface area (Å²) in [7, 11) is 0. The zero-order valence-corrected chi connectivity index (χ0v) is 15.5. The van der Waals surface area contributed by atoms with E-state index < -0.39 is 0 Å². The molecular weight excluding hydrogens is 352 g/mol. The normalized spacial score (nSPS) is 17.2. The summed E-state index contributed by atoms with van der Waals surface area (Å²) in [5, 5.41) is 12.4. The van der Waals surface area contributed by atoms with Gasteiger partial charge in [0.05, 0.1) is 30.3 Å². The molecule has 0 saturated carbocycles. The Labute approximate surface area is 162 Å². The van der Waals surface area contributed by atoms with Gasteiger partial charge in [0.25, 0.3) is 0 Å². The van der Waals surface area contributed by atoms with E-state index in [9.17, 15) is 0 Å². The number of nitrogens with zero attached hydrogens (tertiary/aromatic N) is 6. The van der Waals surface area contributed by atoms with Gasteiger partial charge in [-0.3, -0.25) is 9.67 Å². The lowest BCUT2D eigenvalue weighted by atomic mass is 9.96. The molecule has 1 aliphatic heterocycles. The van der Waals surface area contributed by atoms with Crippen molar-refractivity contribution in [1.29, 1.82) is 0 Å². The molecule has 0 aromatic carbocycles. The van der Waals surface area contributed by atoms with Gasteiger partial charge in [0.1, 0.15) is 5.82 Å². The zero-order valence-electron chi connectivity index (χ0n) is 15.5. The molecule has 0 aliphatic carbocycles. The van der Waals surface area contributed by atoms with Crippen molar-refractivity contribution in [3.05, 3.63) is 60.4 Å². The van der Waals surface area contributed by atoms with Crippen molar-refractivity contribution < 1.29 is 0 Å². The van der Waals surface area contributed by atoms with Crippen molar-refractivity contribution in [2.75, 3.05) is 18.8 Å². The molecule has 5 rings (SSSR count). The number of anilines is 1. The number of hydrogen-bond acceptors (Lipinski definition) is 6. The summed E-state index contributed by atoms with van der Waals surface area (Å²) in [6, 6.07) is 7.83. The number of nitrogen functional groups attached to an aromatic ring is 1. The maximum Gasteiger partial charge on any atom is 0.165 e. The lowest BCUT2D eigenvalue weighted by Gasteiger charge is -2.22. The van der Waals surface area contributed by atoms with E-state index in [1.807, 2.05) is 47.5 Å². The minimum atomic E-state index is 0.385. The summed E-state index contributed by atoms with van der Waals surface area (Å²) in [5.74, 6) is 0.994. The maximum absolute atomic E-state index is 6.27. The molecule has 1 atom stereocenters. The van der Waals surface area contributed by atoms with Crippen molar-refractivity contribution in [1.82, 2.24) is 34.7 Å². The highest BCUT2D eigenvalue weighted by Crippen LogP contribution is 2.28. The number of rotatable bonds is 4. The lowest BCUT2D eigenvalue weighted by Crippen LogP contribution is -2.29. The zero-order chi connectivity index (χ0) is 18.9. The Kier molecular flexibility index (Phi) is 4.25. The molecule has 3 N–H and O–H groups in total. The first-order valence-corrected chi connectivity index (χ1v) is 9.55. The number of hydrogen-bond donors (Lipinski definition) is 2. The summed E-state index contributed by atoms with van der Waals surface area (Å²) in [6.45, 7) is 2.63. The van der Waals surface area contributed by atoms with Crippen LogP contribution in [0.25, 0.3) is 16.8 Å². The third-order valence-corrected chi connectivity index (χ3v) is 5.23. The van der Waals surface area contributed by atoms with Crippen molar-refractivity contribution in [3.63, 3.8) is 0 Å². The third kappa shape index (κ3) is 3.11. The van der Waals surface area contributed by atoms with Crippen molar-refractivity contribution in [2.24, 2.45) is 0 Å². The van der Waals surface area contributed by atoms with Gasteiger partial charge in [-0.2, -0.15) is 14.7 Å². The number of nitrogens with two attached hydrogens (primary N) is 1. The Morgan fingerprint density at radius 1 is 1.21 bits per heavy atom. The molecule has 4 aromatic rings. The Hall–Kier alpha value is -3.26. The van der Waals surface area contributed by atoms with E-state index in [0.717, 1.165) is 54.1 Å². The standard InChI is InChI=1S/C20H22N8/c21-19-8-18(14-4-3-6-22-9-14)26-20-17(11-25-28(19)20)15-10-24-27(12-15)13-16-5-1-2-7-23-16/h1-2,5,7-8,10-12,14,22H,3-4,6,9,13,21H2. The van der Waals surface area contributed by atoms with Crippen LogP contribution in [0.1, 0.15) is 30.1 Å². The first kappa shape index (κ1) is 16.9. The molecule has 0 amide bonds. The quantitative estimate of drug-likeness (QED) is 0.567. The predicted molar refractivity (Wildman–Crippen MR) is 107 cm³/mol. The largest absolute Gasteiger partial charge is 0.384 e. The Bertz CT molecular complexity index is 1090. The highest BCUT2D eigenvalue weighted by molar-refractivity contribution is 5.77. The molecule has 0 radical (unpaired) electrons. The number of piperidine rings is 1. The summed E-state index contributed by atoms with van der Waals surface area (Å²) in [4.78, 5) is 9.28. The second-order valence-corrected chi connectivity index (χ2v) is 7.19. The minimum Gasteiger partial charge on any atom is -0.384 e. The van der Waals surface area contributed by atoms with Crippen LogP contribution in [-0.4, -0.2) is 42.5 Å². The highest BCUT2D eigenvalue weighted by Gasteiger charge is 2.20. The van der Waals surface area contributed by atoms with E-state index in [0.29, 0.717) is 18.3 Å². The van der Waals surface area contributed by atoms with Gasteiger partial charge in [0.2, 0.25) is 0 Å². The molecular formula is C20H22N8. The smallest absolute Gasteiger partial charge is 0.165 e. The molecule has 1 fully saturated rings. The third-order valence-electron chi connectivity index (χ3n) is 5.23. The monoisotopic (exact) mass is 374 g/mol. The lowest BCUT2D eigenvalue weighted by molar-refractivity contribution is 0.455. The first-order chi connectivity index (χ1) is 13.8. The number of pyridine rings is 1. The SMILES string of the molecule is Nc1cc(C2CCCNC2)nc2c(-c3cnn(Cc4ccccn4)c3)cnn12. The van der Waals surface area contributed by atoms with Gasteiger partial charge < -0.3 is 11.1 Å². The van der Waals surface area contributed by atoms with Crippen LogP contribution in [-0.2, 0) is 6.54 Å². The maximum atomic E-state index is 6.27. The molecule has 5 heterocycles.